The number of hydrogen-bond donors (Lipinski definition) is 0. The van der Waals surface area contributed by atoms with Crippen molar-refractivity contribution in [3.05, 3.63) is 0 Å². The largest absolute Gasteiger partial charge is 0.299 e. The molecular formula is C9H12O3S. The van der Waals surface area contributed by atoms with Crippen molar-refractivity contribution in [2.24, 2.45) is 5.92 Å². The molecule has 1 unspecified atom stereocenters. The van der Waals surface area contributed by atoms with Crippen LogP contribution in [-0.4, -0.2) is 25.7 Å². The molecule has 0 N–H and O–H groups in total. The Kier molecular flexibility index (Phi) is 3.10. The molecule has 1 aliphatic rings. The molecule has 0 aromatic carbocycles. The standard InChI is InChI=1S/C9H12O3S/c1-2-3-9(10)6-8-4-5-13(11,12)7-8/h1,8H,3-7H2. The molecule has 72 valence electrons. The van der Waals surface area contributed by atoms with Gasteiger partial charge in [0.05, 0.1) is 17.9 Å². The lowest BCUT2D eigenvalue weighted by Crippen LogP contribution is -2.09. The average Bonchev–Trinajstić information content (AvgIpc) is 2.30. The SMILES string of the molecule is C#CCC(=O)CC1CCS(=O)(=O)C1. The summed E-state index contributed by atoms with van der Waals surface area (Å²) in [7, 11) is -2.86. The summed E-state index contributed by atoms with van der Waals surface area (Å²) in [6, 6.07) is 0. The lowest BCUT2D eigenvalue weighted by atomic mass is 10.0. The minimum Gasteiger partial charge on any atom is -0.299 e. The Balaban J connectivity index is 2.42. The van der Waals surface area contributed by atoms with E-state index in [1.807, 2.05) is 0 Å². The summed E-state index contributed by atoms with van der Waals surface area (Å²) in [6.45, 7) is 0. The molecule has 1 atom stereocenters. The Labute approximate surface area is 78.4 Å². The summed E-state index contributed by atoms with van der Waals surface area (Å²) in [5.41, 5.74) is 0. The highest BCUT2D eigenvalue weighted by atomic mass is 32.2. The van der Waals surface area contributed by atoms with Crippen molar-refractivity contribution >= 4 is 15.6 Å². The lowest BCUT2D eigenvalue weighted by molar-refractivity contribution is -0.118. The van der Waals surface area contributed by atoms with Crippen LogP contribution in [0.1, 0.15) is 19.3 Å². The molecule has 3 nitrogen and oxygen atoms in total. The summed E-state index contributed by atoms with van der Waals surface area (Å²) in [5.74, 6) is 2.62. The zero-order chi connectivity index (χ0) is 9.90. The van der Waals surface area contributed by atoms with Crippen molar-refractivity contribution in [2.45, 2.75) is 19.3 Å². The topological polar surface area (TPSA) is 51.2 Å². The molecular weight excluding hydrogens is 188 g/mol. The summed E-state index contributed by atoms with van der Waals surface area (Å²) in [4.78, 5) is 11.1. The van der Waals surface area contributed by atoms with E-state index in [2.05, 4.69) is 5.92 Å². The molecule has 4 heteroatoms. The molecule has 13 heavy (non-hydrogen) atoms. The van der Waals surface area contributed by atoms with Gasteiger partial charge in [-0.15, -0.1) is 6.42 Å². The molecule has 0 aromatic heterocycles. The molecule has 0 spiro atoms. The van der Waals surface area contributed by atoms with Crippen LogP contribution in [-0.2, 0) is 14.6 Å². The van der Waals surface area contributed by atoms with Gasteiger partial charge in [0.15, 0.2) is 9.84 Å². The molecule has 0 aromatic rings. The third kappa shape index (κ3) is 3.19. The zero-order valence-corrected chi connectivity index (χ0v) is 8.14. The number of rotatable bonds is 3. The van der Waals surface area contributed by atoms with Crippen molar-refractivity contribution < 1.29 is 13.2 Å². The van der Waals surface area contributed by atoms with Gasteiger partial charge in [-0.1, -0.05) is 5.92 Å². The minimum absolute atomic E-state index is 0.00542. The number of ketones is 1. The molecule has 0 amide bonds. The molecule has 0 bridgehead atoms. The van der Waals surface area contributed by atoms with E-state index in [1.165, 1.54) is 0 Å². The lowest BCUT2D eigenvalue weighted by Gasteiger charge is -2.03. The van der Waals surface area contributed by atoms with Gasteiger partial charge in [0.1, 0.15) is 5.78 Å². The number of carbonyl (C=O) groups excluding carboxylic acids is 1. The van der Waals surface area contributed by atoms with Gasteiger partial charge in [0.25, 0.3) is 0 Å². The van der Waals surface area contributed by atoms with Gasteiger partial charge in [-0.3, -0.25) is 4.79 Å². The van der Waals surface area contributed by atoms with E-state index in [0.717, 1.165) is 0 Å². The van der Waals surface area contributed by atoms with Gasteiger partial charge in [-0.05, 0) is 12.3 Å². The fourth-order valence-corrected chi connectivity index (χ4v) is 3.40. The van der Waals surface area contributed by atoms with Crippen LogP contribution >= 0.6 is 0 Å². The molecule has 1 heterocycles. The first-order valence-corrected chi connectivity index (χ1v) is 6.01. The average molecular weight is 200 g/mol. The van der Waals surface area contributed by atoms with E-state index in [1.54, 1.807) is 0 Å². The van der Waals surface area contributed by atoms with Gasteiger partial charge < -0.3 is 0 Å². The van der Waals surface area contributed by atoms with Crippen LogP contribution in [0.15, 0.2) is 0 Å². The number of carbonyl (C=O) groups is 1. The smallest absolute Gasteiger partial charge is 0.150 e. The third-order valence-electron chi connectivity index (χ3n) is 2.14. The molecule has 0 aliphatic carbocycles. The summed E-state index contributed by atoms with van der Waals surface area (Å²) >= 11 is 0. The van der Waals surface area contributed by atoms with Crippen molar-refractivity contribution in [3.63, 3.8) is 0 Å². The first-order valence-electron chi connectivity index (χ1n) is 4.19. The molecule has 0 saturated carbocycles. The van der Waals surface area contributed by atoms with E-state index in [4.69, 9.17) is 6.42 Å². The third-order valence-corrected chi connectivity index (χ3v) is 3.98. The predicted molar refractivity (Wildman–Crippen MR) is 49.8 cm³/mol. The van der Waals surface area contributed by atoms with Crippen LogP contribution in [0.25, 0.3) is 0 Å². The zero-order valence-electron chi connectivity index (χ0n) is 7.32. The summed E-state index contributed by atoms with van der Waals surface area (Å²) < 4.78 is 22.1. The first-order chi connectivity index (χ1) is 6.03. The van der Waals surface area contributed by atoms with Crippen molar-refractivity contribution in [1.29, 1.82) is 0 Å². The highest BCUT2D eigenvalue weighted by Crippen LogP contribution is 2.21. The Bertz CT molecular complexity index is 334. The number of sulfone groups is 1. The second-order valence-corrected chi connectivity index (χ2v) is 5.62. The normalized spacial score (nSPS) is 25.3. The summed E-state index contributed by atoms with van der Waals surface area (Å²) in [6.07, 6.45) is 6.02. The van der Waals surface area contributed by atoms with E-state index in [-0.39, 0.29) is 29.6 Å². The maximum Gasteiger partial charge on any atom is 0.150 e. The molecule has 1 aliphatic heterocycles. The van der Waals surface area contributed by atoms with E-state index < -0.39 is 9.84 Å². The maximum atomic E-state index is 11.1. The Hall–Kier alpha value is -0.820. The van der Waals surface area contributed by atoms with E-state index in [9.17, 15) is 13.2 Å². The maximum absolute atomic E-state index is 11.1. The van der Waals surface area contributed by atoms with Gasteiger partial charge >= 0.3 is 0 Å². The summed E-state index contributed by atoms with van der Waals surface area (Å²) in [5, 5.41) is 0. The highest BCUT2D eigenvalue weighted by Gasteiger charge is 2.28. The Morgan fingerprint density at radius 1 is 1.54 bits per heavy atom. The molecule has 1 saturated heterocycles. The molecule has 1 rings (SSSR count). The minimum atomic E-state index is -2.86. The van der Waals surface area contributed by atoms with E-state index >= 15 is 0 Å². The number of hydrogen-bond acceptors (Lipinski definition) is 3. The Morgan fingerprint density at radius 3 is 2.69 bits per heavy atom. The first kappa shape index (κ1) is 10.3. The fraction of sp³-hybridized carbons (Fsp3) is 0.667. The van der Waals surface area contributed by atoms with Crippen LogP contribution in [0.3, 0.4) is 0 Å². The highest BCUT2D eigenvalue weighted by molar-refractivity contribution is 7.91. The van der Waals surface area contributed by atoms with Crippen LogP contribution in [0, 0.1) is 18.3 Å². The van der Waals surface area contributed by atoms with Gasteiger partial charge in [0, 0.05) is 6.42 Å². The second kappa shape index (κ2) is 3.93. The van der Waals surface area contributed by atoms with Crippen LogP contribution in [0.2, 0.25) is 0 Å². The number of Topliss-reactive ketones (excluding diaryl/α,β-unsaturated/α-hetero) is 1. The second-order valence-electron chi connectivity index (χ2n) is 3.39. The molecule has 1 fully saturated rings. The van der Waals surface area contributed by atoms with Crippen LogP contribution < -0.4 is 0 Å². The van der Waals surface area contributed by atoms with Crippen molar-refractivity contribution in [2.75, 3.05) is 11.5 Å². The fourth-order valence-electron chi connectivity index (χ4n) is 1.54. The van der Waals surface area contributed by atoms with Gasteiger partial charge in [-0.2, -0.15) is 0 Å². The molecule has 0 radical (unpaired) electrons. The predicted octanol–water partition coefficient (Wildman–Crippen LogP) is 0.404. The van der Waals surface area contributed by atoms with E-state index in [0.29, 0.717) is 12.8 Å². The quantitative estimate of drug-likeness (QED) is 0.620. The van der Waals surface area contributed by atoms with Crippen LogP contribution in [0.4, 0.5) is 0 Å². The van der Waals surface area contributed by atoms with Crippen molar-refractivity contribution in [3.8, 4) is 12.3 Å². The monoisotopic (exact) mass is 200 g/mol. The Morgan fingerprint density at radius 2 is 2.23 bits per heavy atom. The number of terminal acetylenes is 1. The van der Waals surface area contributed by atoms with Crippen LogP contribution in [0.5, 0.6) is 0 Å². The van der Waals surface area contributed by atoms with Crippen molar-refractivity contribution in [1.82, 2.24) is 0 Å². The van der Waals surface area contributed by atoms with Gasteiger partial charge in [0.2, 0.25) is 0 Å². The van der Waals surface area contributed by atoms with Gasteiger partial charge in [-0.25, -0.2) is 8.42 Å².